The van der Waals surface area contributed by atoms with E-state index in [9.17, 15) is 18.7 Å². The number of aromatic hydroxyl groups is 1. The number of benzene rings is 1. The molecule has 96 valence electrons. The van der Waals surface area contributed by atoms with Crippen molar-refractivity contribution in [1.29, 1.82) is 0 Å². The van der Waals surface area contributed by atoms with Crippen LogP contribution in [0.5, 0.6) is 5.75 Å². The molecule has 1 aromatic carbocycles. The Morgan fingerprint density at radius 1 is 1.33 bits per heavy atom. The summed E-state index contributed by atoms with van der Waals surface area (Å²) in [4.78, 5) is 14.4. The van der Waals surface area contributed by atoms with E-state index in [1.165, 1.54) is 18.2 Å². The highest BCUT2D eigenvalue weighted by Gasteiger charge is 2.36. The Kier molecular flexibility index (Phi) is 3.43. The smallest absolute Gasteiger partial charge is 0.267 e. The number of aliphatic imine (C=N–C) groups is 1. The lowest BCUT2D eigenvalue weighted by atomic mass is 9.88. The molecule has 0 unspecified atom stereocenters. The third-order valence-corrected chi connectivity index (χ3v) is 3.49. The van der Waals surface area contributed by atoms with Crippen LogP contribution in [0.3, 0.4) is 0 Å². The Bertz CT molecular complexity index is 490. The first-order valence-corrected chi connectivity index (χ1v) is 5.80. The van der Waals surface area contributed by atoms with Crippen LogP contribution in [0, 0.1) is 0 Å². The summed E-state index contributed by atoms with van der Waals surface area (Å²) < 4.78 is 25.5. The van der Waals surface area contributed by atoms with E-state index in [-0.39, 0.29) is 0 Å². The summed E-state index contributed by atoms with van der Waals surface area (Å²) in [6.07, 6.45) is 1.89. The van der Waals surface area contributed by atoms with Crippen molar-refractivity contribution < 1.29 is 18.7 Å². The van der Waals surface area contributed by atoms with Crippen LogP contribution >= 0.6 is 0 Å². The molecule has 0 spiro atoms. The molecule has 1 fully saturated rings. The first-order valence-electron chi connectivity index (χ1n) is 5.80. The van der Waals surface area contributed by atoms with Gasteiger partial charge in [0.2, 0.25) is 6.08 Å². The molecule has 0 saturated heterocycles. The van der Waals surface area contributed by atoms with Crippen molar-refractivity contribution in [3.05, 3.63) is 29.3 Å². The molecular weight excluding hydrogens is 240 g/mol. The SMILES string of the molecule is O=C=NC1(c2ccc(O)c(C(F)F)c2)CCCC1. The van der Waals surface area contributed by atoms with Crippen LogP contribution in [0.1, 0.15) is 43.2 Å². The van der Waals surface area contributed by atoms with Gasteiger partial charge < -0.3 is 5.11 Å². The molecular formula is C13H13F2NO2. The maximum atomic E-state index is 12.7. The van der Waals surface area contributed by atoms with E-state index in [0.717, 1.165) is 12.8 Å². The zero-order chi connectivity index (χ0) is 13.2. The van der Waals surface area contributed by atoms with Gasteiger partial charge in [-0.1, -0.05) is 18.9 Å². The molecule has 1 saturated carbocycles. The predicted octanol–water partition coefficient (Wildman–Crippen LogP) is 3.43. The van der Waals surface area contributed by atoms with E-state index in [1.807, 2.05) is 0 Å². The van der Waals surface area contributed by atoms with Gasteiger partial charge in [-0.15, -0.1) is 0 Å². The molecule has 0 bridgehead atoms. The second-order valence-electron chi connectivity index (χ2n) is 4.52. The summed E-state index contributed by atoms with van der Waals surface area (Å²) >= 11 is 0. The molecule has 18 heavy (non-hydrogen) atoms. The van der Waals surface area contributed by atoms with E-state index in [4.69, 9.17) is 0 Å². The monoisotopic (exact) mass is 253 g/mol. The summed E-state index contributed by atoms with van der Waals surface area (Å²) in [5.41, 5.74) is -0.602. The van der Waals surface area contributed by atoms with Crippen molar-refractivity contribution >= 4 is 6.08 Å². The van der Waals surface area contributed by atoms with Gasteiger partial charge in [-0.2, -0.15) is 4.99 Å². The second kappa shape index (κ2) is 4.86. The van der Waals surface area contributed by atoms with Gasteiger partial charge in [0.1, 0.15) is 5.75 Å². The zero-order valence-electron chi connectivity index (χ0n) is 9.70. The molecule has 5 heteroatoms. The highest BCUT2D eigenvalue weighted by molar-refractivity contribution is 5.43. The Labute approximate surface area is 103 Å². The highest BCUT2D eigenvalue weighted by atomic mass is 19.3. The minimum absolute atomic E-state index is 0.417. The number of alkyl halides is 2. The number of nitrogens with zero attached hydrogens (tertiary/aromatic N) is 1. The molecule has 1 aromatic rings. The summed E-state index contributed by atoms with van der Waals surface area (Å²) in [5, 5.41) is 9.37. The average molecular weight is 253 g/mol. The third-order valence-electron chi connectivity index (χ3n) is 3.49. The lowest BCUT2D eigenvalue weighted by Gasteiger charge is -2.23. The van der Waals surface area contributed by atoms with Crippen LogP contribution in [0.4, 0.5) is 8.78 Å². The summed E-state index contributed by atoms with van der Waals surface area (Å²) in [6.45, 7) is 0. The molecule has 0 aliphatic heterocycles. The van der Waals surface area contributed by atoms with Crippen LogP contribution in [-0.2, 0) is 10.3 Å². The Morgan fingerprint density at radius 3 is 2.56 bits per heavy atom. The van der Waals surface area contributed by atoms with Gasteiger partial charge in [-0.3, -0.25) is 0 Å². The molecule has 1 aliphatic rings. The number of phenols is 1. The maximum Gasteiger partial charge on any atom is 0.267 e. The lowest BCUT2D eigenvalue weighted by Crippen LogP contribution is -2.19. The summed E-state index contributed by atoms with van der Waals surface area (Å²) in [7, 11) is 0. The van der Waals surface area contributed by atoms with E-state index in [2.05, 4.69) is 4.99 Å². The van der Waals surface area contributed by atoms with E-state index in [0.29, 0.717) is 18.4 Å². The number of isocyanates is 1. The van der Waals surface area contributed by atoms with E-state index < -0.39 is 23.3 Å². The Morgan fingerprint density at radius 2 is 2.00 bits per heavy atom. The average Bonchev–Trinajstić information content (AvgIpc) is 2.79. The topological polar surface area (TPSA) is 49.7 Å². The zero-order valence-corrected chi connectivity index (χ0v) is 9.70. The fourth-order valence-corrected chi connectivity index (χ4v) is 2.53. The Balaban J connectivity index is 2.49. The fraction of sp³-hybridized carbons (Fsp3) is 0.462. The normalized spacial score (nSPS) is 17.7. The number of carbonyl (C=O) groups excluding carboxylic acids is 1. The van der Waals surface area contributed by atoms with Gasteiger partial charge in [0, 0.05) is 0 Å². The lowest BCUT2D eigenvalue weighted by molar-refractivity contribution is 0.147. The van der Waals surface area contributed by atoms with Crippen molar-refractivity contribution in [2.24, 2.45) is 4.99 Å². The molecule has 2 rings (SSSR count). The van der Waals surface area contributed by atoms with E-state index in [1.54, 1.807) is 6.07 Å². The number of hydrogen-bond acceptors (Lipinski definition) is 3. The van der Waals surface area contributed by atoms with Crippen molar-refractivity contribution in [2.45, 2.75) is 37.6 Å². The first-order chi connectivity index (χ1) is 8.59. The largest absolute Gasteiger partial charge is 0.507 e. The molecule has 0 amide bonds. The molecule has 0 radical (unpaired) electrons. The van der Waals surface area contributed by atoms with Gasteiger partial charge >= 0.3 is 0 Å². The fourth-order valence-electron chi connectivity index (χ4n) is 2.53. The standard InChI is InChI=1S/C13H13F2NO2/c14-12(15)10-7-9(3-4-11(10)18)13(16-8-17)5-1-2-6-13/h3-4,7,12,18H,1-2,5-6H2. The van der Waals surface area contributed by atoms with Gasteiger partial charge in [-0.25, -0.2) is 13.6 Å². The van der Waals surface area contributed by atoms with Gasteiger partial charge in [-0.05, 0) is 30.5 Å². The summed E-state index contributed by atoms with van der Waals surface area (Å²) in [5.74, 6) is -0.433. The van der Waals surface area contributed by atoms with Crippen molar-refractivity contribution in [3.8, 4) is 5.75 Å². The summed E-state index contributed by atoms with van der Waals surface area (Å²) in [6, 6.07) is 4.02. The van der Waals surface area contributed by atoms with Crippen LogP contribution < -0.4 is 0 Å². The number of rotatable bonds is 3. The highest BCUT2D eigenvalue weighted by Crippen LogP contribution is 2.44. The number of phenolic OH excluding ortho intramolecular Hbond substituents is 1. The molecule has 3 nitrogen and oxygen atoms in total. The van der Waals surface area contributed by atoms with Crippen molar-refractivity contribution in [1.82, 2.24) is 0 Å². The second-order valence-corrected chi connectivity index (χ2v) is 4.52. The van der Waals surface area contributed by atoms with Crippen LogP contribution in [0.2, 0.25) is 0 Å². The van der Waals surface area contributed by atoms with Crippen molar-refractivity contribution in [3.63, 3.8) is 0 Å². The molecule has 0 aromatic heterocycles. The minimum atomic E-state index is -2.75. The maximum absolute atomic E-state index is 12.7. The van der Waals surface area contributed by atoms with Crippen LogP contribution in [0.15, 0.2) is 23.2 Å². The first kappa shape index (κ1) is 12.7. The van der Waals surface area contributed by atoms with Gasteiger partial charge in [0.25, 0.3) is 6.43 Å². The predicted molar refractivity (Wildman–Crippen MR) is 61.3 cm³/mol. The molecule has 1 aliphatic carbocycles. The quantitative estimate of drug-likeness (QED) is 0.662. The van der Waals surface area contributed by atoms with Gasteiger partial charge in [0.15, 0.2) is 0 Å². The number of hydrogen-bond donors (Lipinski definition) is 1. The number of halogens is 2. The third kappa shape index (κ3) is 2.14. The molecule has 0 heterocycles. The Hall–Kier alpha value is -1.74. The minimum Gasteiger partial charge on any atom is -0.507 e. The van der Waals surface area contributed by atoms with Crippen LogP contribution in [-0.4, -0.2) is 11.2 Å². The van der Waals surface area contributed by atoms with Crippen LogP contribution in [0.25, 0.3) is 0 Å². The van der Waals surface area contributed by atoms with Crippen molar-refractivity contribution in [2.75, 3.05) is 0 Å². The van der Waals surface area contributed by atoms with E-state index >= 15 is 0 Å². The van der Waals surface area contributed by atoms with Gasteiger partial charge in [0.05, 0.1) is 11.1 Å². The molecule has 1 N–H and O–H groups in total. The molecule has 0 atom stereocenters.